The summed E-state index contributed by atoms with van der Waals surface area (Å²) < 4.78 is 106. The van der Waals surface area contributed by atoms with Crippen molar-refractivity contribution in [1.29, 1.82) is 0 Å². The van der Waals surface area contributed by atoms with Crippen molar-refractivity contribution in [3.63, 3.8) is 0 Å². The molecular weight excluding hydrogens is 230 g/mol. The van der Waals surface area contributed by atoms with Gasteiger partial charge < -0.3 is 9.32 Å². The predicted octanol–water partition coefficient (Wildman–Crippen LogP) is 3.34. The maximum atomic E-state index is 8.00. The van der Waals surface area contributed by atoms with Gasteiger partial charge in [0.05, 0.1) is 4.47 Å². The number of furan rings is 1. The van der Waals surface area contributed by atoms with Crippen molar-refractivity contribution in [3.05, 3.63) is 16.3 Å². The van der Waals surface area contributed by atoms with E-state index in [1.165, 1.54) is 0 Å². The lowest BCUT2D eigenvalue weighted by Gasteiger charge is -2.25. The number of hydrogen-bond acceptors (Lipinski definition) is 2. The first kappa shape index (κ1) is 2.38. The van der Waals surface area contributed by atoms with Gasteiger partial charge in [-0.05, 0) is 41.9 Å². The molecule has 0 spiro atoms. The van der Waals surface area contributed by atoms with E-state index in [9.17, 15) is 0 Å². The van der Waals surface area contributed by atoms with Crippen LogP contribution in [0.15, 0.2) is 15.0 Å². The van der Waals surface area contributed by atoms with Gasteiger partial charge in [-0.15, -0.1) is 0 Å². The third-order valence-electron chi connectivity index (χ3n) is 1.35. The van der Waals surface area contributed by atoms with E-state index < -0.39 is 50.6 Å². The van der Waals surface area contributed by atoms with Crippen LogP contribution in [0.5, 0.6) is 0 Å². The van der Waals surface area contributed by atoms with Crippen molar-refractivity contribution >= 4 is 21.8 Å². The molecule has 1 aromatic rings. The zero-order valence-corrected chi connectivity index (χ0v) is 7.90. The second-order valence-corrected chi connectivity index (χ2v) is 3.05. The van der Waals surface area contributed by atoms with Gasteiger partial charge in [-0.1, -0.05) is 0 Å². The molecule has 3 heteroatoms. The van der Waals surface area contributed by atoms with Gasteiger partial charge in [0.1, 0.15) is 5.76 Å². The monoisotopic (exact) mass is 256 g/mol. The molecule has 0 aliphatic carbocycles. The normalized spacial score (nSPS) is 53.0. The van der Waals surface area contributed by atoms with Crippen LogP contribution in [0.1, 0.15) is 42.7 Å². The first-order valence-electron chi connectivity index (χ1n) is 9.85. The minimum absolute atomic E-state index is 0.0265. The summed E-state index contributed by atoms with van der Waals surface area (Å²) in [5.74, 6) is -1.45. The second-order valence-electron chi connectivity index (χ2n) is 2.20. The van der Waals surface area contributed by atoms with Crippen molar-refractivity contribution in [1.82, 2.24) is 0 Å². The zero-order chi connectivity index (χ0) is 20.7. The van der Waals surface area contributed by atoms with Gasteiger partial charge in [0, 0.05) is 36.9 Å². The lowest BCUT2D eigenvalue weighted by atomic mass is 10.1. The topological polar surface area (TPSA) is 16.4 Å². The lowest BCUT2D eigenvalue weighted by Crippen LogP contribution is -2.28. The van der Waals surface area contributed by atoms with Crippen molar-refractivity contribution in [3.8, 4) is 0 Å². The SMILES string of the molecule is [2H]C([2H])([2H])c1oc(N2C([2H])([2H])C([2H])([2H])C([2H])([2H])C([2H])([2H])C2([2H])[2H])cc1Br. The summed E-state index contributed by atoms with van der Waals surface area (Å²) in [6.07, 6.45) is -10.6. The highest BCUT2D eigenvalue weighted by molar-refractivity contribution is 9.10. The summed E-state index contributed by atoms with van der Waals surface area (Å²) in [4.78, 5) is -0.0265. The summed E-state index contributed by atoms with van der Waals surface area (Å²) in [5.41, 5.74) is 0. The smallest absolute Gasteiger partial charge is 0.196 e. The number of anilines is 1. The number of hydrogen-bond donors (Lipinski definition) is 0. The molecule has 0 unspecified atom stereocenters. The molecule has 13 heavy (non-hydrogen) atoms. The van der Waals surface area contributed by atoms with Crippen molar-refractivity contribution < 1.29 is 22.2 Å². The van der Waals surface area contributed by atoms with Crippen molar-refractivity contribution in [2.45, 2.75) is 26.0 Å². The third-order valence-corrected chi connectivity index (χ3v) is 1.94. The maximum absolute atomic E-state index is 8.00. The summed E-state index contributed by atoms with van der Waals surface area (Å²) in [6.45, 7) is -9.64. The Labute approximate surface area is 105 Å². The Balaban J connectivity index is 2.79. The number of rotatable bonds is 1. The Kier molecular flexibility index (Phi) is 0.685. The molecule has 72 valence electrons. The molecule has 0 bridgehead atoms. The molecule has 0 atom stereocenters. The fraction of sp³-hybridized carbons (Fsp3) is 0.600. The zero-order valence-electron chi connectivity index (χ0n) is 19.3. The van der Waals surface area contributed by atoms with Gasteiger partial charge in [-0.25, -0.2) is 0 Å². The largest absolute Gasteiger partial charge is 0.445 e. The van der Waals surface area contributed by atoms with Gasteiger partial charge in [0.25, 0.3) is 0 Å². The molecule has 1 aliphatic heterocycles. The molecule has 2 nitrogen and oxygen atoms in total. The van der Waals surface area contributed by atoms with Crippen LogP contribution in [-0.2, 0) is 0 Å². The fourth-order valence-electron chi connectivity index (χ4n) is 0.804. The average molecular weight is 257 g/mol. The Bertz CT molecular complexity index is 691. The van der Waals surface area contributed by atoms with Crippen LogP contribution in [0.3, 0.4) is 0 Å². The first-order valence-corrected chi connectivity index (χ1v) is 4.14. The van der Waals surface area contributed by atoms with E-state index in [1.54, 1.807) is 0 Å². The highest BCUT2D eigenvalue weighted by Gasteiger charge is 2.15. The lowest BCUT2D eigenvalue weighted by molar-refractivity contribution is 0.484. The van der Waals surface area contributed by atoms with Crippen LogP contribution in [0.2, 0.25) is 0 Å². The second kappa shape index (κ2) is 3.74. The van der Waals surface area contributed by atoms with Gasteiger partial charge in [0.15, 0.2) is 5.88 Å². The third kappa shape index (κ3) is 1.90. The fourth-order valence-corrected chi connectivity index (χ4v) is 1.08. The standard InChI is InChI=1S/C10H14BrNO/c1-8-9(11)7-10(13-8)12-5-3-2-4-6-12/h7H,2-6H2,1H3/i1D3,2D2,3D2,4D2,5D2,6D2. The van der Waals surface area contributed by atoms with Gasteiger partial charge >= 0.3 is 0 Å². The number of piperidine rings is 1. The molecule has 0 radical (unpaired) electrons. The van der Waals surface area contributed by atoms with E-state index >= 15 is 0 Å². The summed E-state index contributed by atoms with van der Waals surface area (Å²) in [7, 11) is 0. The van der Waals surface area contributed by atoms with Crippen LogP contribution in [-0.4, -0.2) is 13.0 Å². The van der Waals surface area contributed by atoms with E-state index in [1.807, 2.05) is 0 Å². The average Bonchev–Trinajstić information content (AvgIpc) is 2.77. The molecule has 0 aromatic carbocycles. The molecule has 0 saturated carbocycles. The van der Waals surface area contributed by atoms with E-state index in [2.05, 4.69) is 15.9 Å². The highest BCUT2D eigenvalue weighted by Crippen LogP contribution is 2.28. The van der Waals surface area contributed by atoms with E-state index in [4.69, 9.17) is 22.2 Å². The molecule has 2 heterocycles. The molecule has 1 aromatic heterocycles. The van der Waals surface area contributed by atoms with Crippen molar-refractivity contribution in [2.75, 3.05) is 17.9 Å². The Morgan fingerprint density at radius 2 is 2.31 bits per heavy atom. The minimum Gasteiger partial charge on any atom is -0.445 e. The molecule has 2 rings (SSSR count). The van der Waals surface area contributed by atoms with Crippen LogP contribution < -0.4 is 4.90 Å². The summed E-state index contributed by atoms with van der Waals surface area (Å²) in [5, 5.41) is 0. The molecular formula is C10H14BrNO. The minimum atomic E-state index is -3.56. The molecule has 1 saturated heterocycles. The van der Waals surface area contributed by atoms with Crippen molar-refractivity contribution in [2.24, 2.45) is 0 Å². The van der Waals surface area contributed by atoms with Gasteiger partial charge in [-0.3, -0.25) is 0 Å². The number of halogens is 1. The molecule has 0 N–H and O–H groups in total. The highest BCUT2D eigenvalue weighted by atomic mass is 79.9. The van der Waals surface area contributed by atoms with Crippen LogP contribution >= 0.6 is 15.9 Å². The number of aryl methyl sites for hydroxylation is 1. The van der Waals surface area contributed by atoms with Crippen LogP contribution in [0, 0.1) is 6.85 Å². The quantitative estimate of drug-likeness (QED) is 0.767. The van der Waals surface area contributed by atoms with E-state index in [-0.39, 0.29) is 9.37 Å². The molecule has 1 aliphatic rings. The summed E-state index contributed by atoms with van der Waals surface area (Å²) in [6, 6.07) is 0.879. The Hall–Kier alpha value is -0.440. The molecule has 0 amide bonds. The van der Waals surface area contributed by atoms with Gasteiger partial charge in [-0.2, -0.15) is 0 Å². The Morgan fingerprint density at radius 1 is 1.54 bits per heavy atom. The van der Waals surface area contributed by atoms with Gasteiger partial charge in [0.2, 0.25) is 0 Å². The Morgan fingerprint density at radius 3 is 2.92 bits per heavy atom. The van der Waals surface area contributed by atoms with E-state index in [0.29, 0.717) is 0 Å². The van der Waals surface area contributed by atoms with E-state index in [0.717, 1.165) is 6.07 Å². The van der Waals surface area contributed by atoms with Crippen LogP contribution in [0.4, 0.5) is 5.88 Å². The van der Waals surface area contributed by atoms with Crippen LogP contribution in [0.25, 0.3) is 0 Å². The molecule has 1 fully saturated rings. The maximum Gasteiger partial charge on any atom is 0.196 e. The predicted molar refractivity (Wildman–Crippen MR) is 57.2 cm³/mol. The first-order chi connectivity index (χ1) is 11.2. The summed E-state index contributed by atoms with van der Waals surface area (Å²) >= 11 is 2.89. The number of nitrogens with zero attached hydrogens (tertiary/aromatic N) is 1.